The summed E-state index contributed by atoms with van der Waals surface area (Å²) in [4.78, 5) is 0. The second-order valence-corrected chi connectivity index (χ2v) is 5.97. The molecule has 0 fully saturated rings. The zero-order valence-electron chi connectivity index (χ0n) is 12.3. The van der Waals surface area contributed by atoms with Crippen LogP contribution in [0, 0.1) is 0 Å². The van der Waals surface area contributed by atoms with E-state index in [1.807, 2.05) is 0 Å². The van der Waals surface area contributed by atoms with Gasteiger partial charge in [0.15, 0.2) is 0 Å². The van der Waals surface area contributed by atoms with Gasteiger partial charge in [0.05, 0.1) is 0 Å². The molecule has 0 aliphatic carbocycles. The molecule has 23 heavy (non-hydrogen) atoms. The van der Waals surface area contributed by atoms with Crippen molar-refractivity contribution >= 4 is 0 Å². The molecule has 1 unspecified atom stereocenters. The first kappa shape index (κ1) is 26.3. The molecule has 0 amide bonds. The topological polar surface area (TPSA) is 0 Å². The molecule has 0 nitrogen and oxygen atoms in total. The zero-order valence-corrected chi connectivity index (χ0v) is 12.3. The summed E-state index contributed by atoms with van der Waals surface area (Å²) in [6, 6.07) is 21.8. The molecule has 0 heterocycles. The van der Waals surface area contributed by atoms with Gasteiger partial charge in [-0.25, -0.2) is 0 Å². The maximum absolute atomic E-state index is 2.36. The average Bonchev–Trinajstić information content (AvgIpc) is 2.47. The Kier molecular flexibility index (Phi) is 13.7. The Hall–Kier alpha value is -1.56. The van der Waals surface area contributed by atoms with E-state index < -0.39 is 0 Å². The largest absolute Gasteiger partial charge is 0.0776 e. The minimum atomic E-state index is 0. The van der Waals surface area contributed by atoms with Gasteiger partial charge in [0.2, 0.25) is 0 Å². The molecular weight excluding hydrogens is 276 g/mol. The molecule has 132 valence electrons. The number of hydrogen-bond donors (Lipinski definition) is 0. The van der Waals surface area contributed by atoms with Crippen LogP contribution < -0.4 is 0 Å². The van der Waals surface area contributed by atoms with Crippen LogP contribution in [0.1, 0.15) is 80.4 Å². The van der Waals surface area contributed by atoms with Crippen LogP contribution in [0.3, 0.4) is 0 Å². The first-order chi connectivity index (χ1) is 9.13. The van der Waals surface area contributed by atoms with Crippen LogP contribution in [0.5, 0.6) is 0 Å². The molecule has 0 heteroatoms. The standard InChI is InChI=1S/C19H24.4CH4/c1-4-16(17-11-7-5-8-12-17)15-19(2,3)18-13-9-6-10-14-18;;;;/h5-14,16H,4,15H2,1-3H3;4*1H4. The van der Waals surface area contributed by atoms with E-state index in [2.05, 4.69) is 81.4 Å². The van der Waals surface area contributed by atoms with Crippen molar-refractivity contribution in [3.63, 3.8) is 0 Å². The molecule has 1 atom stereocenters. The van der Waals surface area contributed by atoms with Gasteiger partial charge in [-0.05, 0) is 35.3 Å². The van der Waals surface area contributed by atoms with Gasteiger partial charge in [0.1, 0.15) is 0 Å². The third-order valence-electron chi connectivity index (χ3n) is 4.08. The van der Waals surface area contributed by atoms with Gasteiger partial charge < -0.3 is 0 Å². The van der Waals surface area contributed by atoms with Crippen molar-refractivity contribution in [2.45, 2.75) is 74.7 Å². The maximum Gasteiger partial charge on any atom is -0.00977 e. The Bertz CT molecular complexity index is 482. The summed E-state index contributed by atoms with van der Waals surface area (Å²) in [6.45, 7) is 7.00. The van der Waals surface area contributed by atoms with Crippen molar-refractivity contribution in [1.82, 2.24) is 0 Å². The van der Waals surface area contributed by atoms with Crippen molar-refractivity contribution in [2.75, 3.05) is 0 Å². The lowest BCUT2D eigenvalue weighted by molar-refractivity contribution is 0.417. The molecular formula is C23H40. The fourth-order valence-corrected chi connectivity index (χ4v) is 2.85. The van der Waals surface area contributed by atoms with E-state index in [4.69, 9.17) is 0 Å². The van der Waals surface area contributed by atoms with Crippen molar-refractivity contribution in [3.8, 4) is 0 Å². The predicted octanol–water partition coefficient (Wildman–Crippen LogP) is 8.09. The van der Waals surface area contributed by atoms with Gasteiger partial charge in [0, 0.05) is 0 Å². The lowest BCUT2D eigenvalue weighted by atomic mass is 9.74. The number of rotatable bonds is 5. The van der Waals surface area contributed by atoms with E-state index in [1.54, 1.807) is 0 Å². The van der Waals surface area contributed by atoms with E-state index in [0.717, 1.165) is 0 Å². The van der Waals surface area contributed by atoms with E-state index in [-0.39, 0.29) is 35.1 Å². The van der Waals surface area contributed by atoms with Gasteiger partial charge in [0.25, 0.3) is 0 Å². The molecule has 0 aliphatic rings. The second-order valence-electron chi connectivity index (χ2n) is 5.97. The molecule has 2 aromatic carbocycles. The molecule has 0 aromatic heterocycles. The summed E-state index contributed by atoms with van der Waals surface area (Å²) in [7, 11) is 0. The van der Waals surface area contributed by atoms with E-state index in [9.17, 15) is 0 Å². The summed E-state index contributed by atoms with van der Waals surface area (Å²) < 4.78 is 0. The lowest BCUT2D eigenvalue weighted by Gasteiger charge is -2.30. The summed E-state index contributed by atoms with van der Waals surface area (Å²) in [6.07, 6.45) is 2.39. The minimum Gasteiger partial charge on any atom is -0.0776 e. The van der Waals surface area contributed by atoms with Gasteiger partial charge in [-0.3, -0.25) is 0 Å². The van der Waals surface area contributed by atoms with Crippen molar-refractivity contribution in [3.05, 3.63) is 71.8 Å². The van der Waals surface area contributed by atoms with Gasteiger partial charge >= 0.3 is 0 Å². The first-order valence-electron chi connectivity index (χ1n) is 7.24. The summed E-state index contributed by atoms with van der Waals surface area (Å²) in [5.74, 6) is 0.636. The Morgan fingerprint density at radius 1 is 0.739 bits per heavy atom. The molecule has 2 rings (SSSR count). The predicted molar refractivity (Wildman–Crippen MR) is 110 cm³/mol. The SMILES string of the molecule is C.C.C.C.CCC(CC(C)(C)c1ccccc1)c1ccccc1. The van der Waals surface area contributed by atoms with E-state index >= 15 is 0 Å². The highest BCUT2D eigenvalue weighted by Gasteiger charge is 2.25. The molecule has 0 aliphatic heterocycles. The molecule has 0 N–H and O–H groups in total. The second kappa shape index (κ2) is 11.9. The maximum atomic E-state index is 2.36. The fourth-order valence-electron chi connectivity index (χ4n) is 2.85. The quantitative estimate of drug-likeness (QED) is 0.522. The third-order valence-corrected chi connectivity index (χ3v) is 4.08. The van der Waals surface area contributed by atoms with Crippen LogP contribution in [0.2, 0.25) is 0 Å². The van der Waals surface area contributed by atoms with Gasteiger partial charge in [-0.1, -0.05) is 111 Å². The lowest BCUT2D eigenvalue weighted by Crippen LogP contribution is -2.20. The molecule has 0 radical (unpaired) electrons. The third kappa shape index (κ3) is 7.03. The highest BCUT2D eigenvalue weighted by atomic mass is 14.3. The van der Waals surface area contributed by atoms with E-state index in [1.165, 1.54) is 24.0 Å². The summed E-state index contributed by atoms with van der Waals surface area (Å²) in [5.41, 5.74) is 3.12. The molecule has 2 aromatic rings. The smallest absolute Gasteiger partial charge is 0.00977 e. The monoisotopic (exact) mass is 316 g/mol. The Morgan fingerprint density at radius 3 is 1.61 bits per heavy atom. The van der Waals surface area contributed by atoms with Crippen LogP contribution in [0.4, 0.5) is 0 Å². The van der Waals surface area contributed by atoms with Crippen molar-refractivity contribution < 1.29 is 0 Å². The van der Waals surface area contributed by atoms with Crippen LogP contribution in [0.15, 0.2) is 60.7 Å². The first-order valence-corrected chi connectivity index (χ1v) is 7.24. The van der Waals surface area contributed by atoms with Gasteiger partial charge in [-0.2, -0.15) is 0 Å². The highest BCUT2D eigenvalue weighted by Crippen LogP contribution is 2.36. The Morgan fingerprint density at radius 2 is 1.17 bits per heavy atom. The summed E-state index contributed by atoms with van der Waals surface area (Å²) >= 11 is 0. The molecule has 0 saturated heterocycles. The highest BCUT2D eigenvalue weighted by molar-refractivity contribution is 5.26. The van der Waals surface area contributed by atoms with Crippen LogP contribution in [0.25, 0.3) is 0 Å². The zero-order chi connectivity index (χ0) is 13.7. The van der Waals surface area contributed by atoms with Crippen LogP contribution in [-0.4, -0.2) is 0 Å². The fraction of sp³-hybridized carbons (Fsp3) is 0.478. The van der Waals surface area contributed by atoms with Crippen molar-refractivity contribution in [2.24, 2.45) is 0 Å². The summed E-state index contributed by atoms with van der Waals surface area (Å²) in [5, 5.41) is 0. The normalized spacial score (nSPS) is 10.9. The van der Waals surface area contributed by atoms with E-state index in [0.29, 0.717) is 5.92 Å². The number of hydrogen-bond acceptors (Lipinski definition) is 0. The Labute approximate surface area is 147 Å². The average molecular weight is 317 g/mol. The molecule has 0 saturated carbocycles. The minimum absolute atomic E-state index is 0. The van der Waals surface area contributed by atoms with Gasteiger partial charge in [-0.15, -0.1) is 0 Å². The van der Waals surface area contributed by atoms with Crippen LogP contribution in [-0.2, 0) is 5.41 Å². The van der Waals surface area contributed by atoms with Crippen molar-refractivity contribution in [1.29, 1.82) is 0 Å². The Balaban J connectivity index is -0.000001000. The number of benzene rings is 2. The van der Waals surface area contributed by atoms with Crippen LogP contribution >= 0.6 is 0 Å². The molecule has 0 bridgehead atoms. The molecule has 0 spiro atoms.